The zero-order chi connectivity index (χ0) is 25.4. The van der Waals surface area contributed by atoms with E-state index in [4.69, 9.17) is 0 Å². The Morgan fingerprint density at radius 2 is 1.69 bits per heavy atom. The molecule has 0 bridgehead atoms. The second-order valence-corrected chi connectivity index (χ2v) is 8.86. The van der Waals surface area contributed by atoms with Crippen LogP contribution >= 0.6 is 0 Å². The number of non-ortho nitro benzene ring substituents is 1. The van der Waals surface area contributed by atoms with Gasteiger partial charge in [-0.2, -0.15) is 0 Å². The summed E-state index contributed by atoms with van der Waals surface area (Å²) in [6.45, 7) is 7.64. The van der Waals surface area contributed by atoms with Gasteiger partial charge >= 0.3 is 0 Å². The molecule has 2 N–H and O–H groups in total. The van der Waals surface area contributed by atoms with Crippen LogP contribution < -0.4 is 5.32 Å². The number of nitro groups is 1. The molecule has 9 nitrogen and oxygen atoms in total. The van der Waals surface area contributed by atoms with Crippen molar-refractivity contribution in [1.82, 2.24) is 19.8 Å². The molecule has 0 saturated heterocycles. The van der Waals surface area contributed by atoms with Crippen LogP contribution in [0, 0.1) is 10.1 Å². The highest BCUT2D eigenvalue weighted by Gasteiger charge is 2.35. The Morgan fingerprint density at radius 3 is 2.42 bits per heavy atom. The number of hydrogen-bond donors (Lipinski definition) is 2. The molecule has 0 spiro atoms. The van der Waals surface area contributed by atoms with E-state index in [0.717, 1.165) is 37.0 Å². The van der Waals surface area contributed by atoms with Gasteiger partial charge in [0.2, 0.25) is 0 Å². The fraction of sp³-hybridized carbons (Fsp3) is 0.259. The van der Waals surface area contributed by atoms with Crippen molar-refractivity contribution in [2.24, 2.45) is 0 Å². The molecule has 184 valence electrons. The number of rotatable bonds is 9. The molecule has 0 unspecified atom stereocenters. The minimum atomic E-state index is -0.471. The summed E-state index contributed by atoms with van der Waals surface area (Å²) < 4.78 is 1.96. The molecule has 0 aliphatic carbocycles. The molecule has 0 saturated carbocycles. The van der Waals surface area contributed by atoms with Gasteiger partial charge < -0.3 is 14.5 Å². The van der Waals surface area contributed by atoms with E-state index in [-0.39, 0.29) is 11.3 Å². The molecular weight excluding hydrogens is 458 g/mol. The number of aromatic amines is 1. The standard InChI is InChI=1S/C27H27N5O4/c1-3-30(4-2)12-7-13-31-16-21(19-11-10-17(32(35)36)14-23(19)31)25-24(26(33)29-27(25)34)20-15-28-22-9-6-5-8-18(20)22/h5-6,8-11,14-16,28H,3-4,7,12-13H2,1-2H3,(H,29,33,34). The minimum absolute atomic E-state index is 0.0186. The molecule has 5 rings (SSSR count). The van der Waals surface area contributed by atoms with Gasteiger partial charge in [0.1, 0.15) is 0 Å². The van der Waals surface area contributed by atoms with Crippen LogP contribution in [0.3, 0.4) is 0 Å². The number of carbonyl (C=O) groups excluding carboxylic acids is 2. The Kier molecular flexibility index (Phi) is 6.15. The Hall–Kier alpha value is -4.24. The highest BCUT2D eigenvalue weighted by molar-refractivity contribution is 6.50. The van der Waals surface area contributed by atoms with Crippen molar-refractivity contribution in [3.05, 3.63) is 76.1 Å². The zero-order valence-corrected chi connectivity index (χ0v) is 20.2. The van der Waals surface area contributed by atoms with Gasteiger partial charge in [0.05, 0.1) is 21.6 Å². The summed E-state index contributed by atoms with van der Waals surface area (Å²) in [7, 11) is 0. The van der Waals surface area contributed by atoms with Crippen LogP contribution in [0.4, 0.5) is 5.69 Å². The quantitative estimate of drug-likeness (QED) is 0.208. The van der Waals surface area contributed by atoms with Gasteiger partial charge in [-0.3, -0.25) is 25.0 Å². The maximum absolute atomic E-state index is 13.1. The van der Waals surface area contributed by atoms with Gasteiger partial charge in [-0.1, -0.05) is 32.0 Å². The van der Waals surface area contributed by atoms with Gasteiger partial charge in [0.15, 0.2) is 0 Å². The average Bonchev–Trinajstić information content (AvgIpc) is 3.54. The number of para-hydroxylation sites is 1. The van der Waals surface area contributed by atoms with Crippen molar-refractivity contribution in [1.29, 1.82) is 0 Å². The summed E-state index contributed by atoms with van der Waals surface area (Å²) in [4.78, 5) is 42.7. The van der Waals surface area contributed by atoms with E-state index in [2.05, 4.69) is 29.0 Å². The van der Waals surface area contributed by atoms with Gasteiger partial charge in [0.25, 0.3) is 17.5 Å². The molecular formula is C27H27N5O4. The first-order chi connectivity index (χ1) is 17.4. The number of H-pyrrole nitrogens is 1. The fourth-order valence-corrected chi connectivity index (χ4v) is 5.03. The number of imide groups is 1. The Labute approximate surface area is 207 Å². The molecule has 0 fully saturated rings. The molecule has 2 aromatic carbocycles. The predicted octanol–water partition coefficient (Wildman–Crippen LogP) is 4.33. The highest BCUT2D eigenvalue weighted by atomic mass is 16.6. The molecule has 1 aliphatic rings. The van der Waals surface area contributed by atoms with E-state index in [0.29, 0.717) is 34.1 Å². The SMILES string of the molecule is CCN(CC)CCCn1cc(C2=C(c3c[nH]c4ccccc34)C(=O)NC2=O)c2ccc([N+](=O)[O-])cc21. The van der Waals surface area contributed by atoms with Crippen molar-refractivity contribution in [2.45, 2.75) is 26.8 Å². The summed E-state index contributed by atoms with van der Waals surface area (Å²) in [6, 6.07) is 12.2. The van der Waals surface area contributed by atoms with Crippen LogP contribution in [0.2, 0.25) is 0 Å². The van der Waals surface area contributed by atoms with Crippen molar-refractivity contribution in [3.63, 3.8) is 0 Å². The maximum atomic E-state index is 13.1. The smallest absolute Gasteiger partial charge is 0.271 e. The summed E-state index contributed by atoms with van der Waals surface area (Å²) in [5.41, 5.74) is 3.33. The molecule has 0 radical (unpaired) electrons. The number of nitro benzene ring substituents is 1. The summed E-state index contributed by atoms with van der Waals surface area (Å²) in [5, 5.41) is 15.5. The third-order valence-electron chi connectivity index (χ3n) is 6.90. The van der Waals surface area contributed by atoms with Gasteiger partial charge in [0, 0.05) is 58.5 Å². The van der Waals surface area contributed by atoms with Gasteiger partial charge in [-0.25, -0.2) is 0 Å². The van der Waals surface area contributed by atoms with Crippen molar-refractivity contribution in [3.8, 4) is 0 Å². The maximum Gasteiger partial charge on any atom is 0.271 e. The molecule has 0 atom stereocenters. The van der Waals surface area contributed by atoms with Crippen molar-refractivity contribution < 1.29 is 14.5 Å². The van der Waals surface area contributed by atoms with E-state index >= 15 is 0 Å². The normalized spacial score (nSPS) is 14.0. The average molecular weight is 486 g/mol. The number of nitrogens with one attached hydrogen (secondary N) is 2. The Morgan fingerprint density at radius 1 is 0.972 bits per heavy atom. The Balaban J connectivity index is 1.67. The topological polar surface area (TPSA) is 113 Å². The molecule has 9 heteroatoms. The number of nitrogens with zero attached hydrogens (tertiary/aromatic N) is 3. The number of amides is 2. The summed E-state index contributed by atoms with van der Waals surface area (Å²) in [5.74, 6) is -0.926. The molecule has 2 aromatic heterocycles. The largest absolute Gasteiger partial charge is 0.361 e. The van der Waals surface area contributed by atoms with Crippen molar-refractivity contribution in [2.75, 3.05) is 19.6 Å². The third-order valence-corrected chi connectivity index (χ3v) is 6.90. The monoisotopic (exact) mass is 485 g/mol. The van der Waals surface area contributed by atoms with Crippen LogP contribution in [0.25, 0.3) is 33.0 Å². The lowest BCUT2D eigenvalue weighted by Crippen LogP contribution is -2.24. The first kappa shape index (κ1) is 23.5. The Bertz CT molecular complexity index is 1540. The molecule has 2 amide bonds. The van der Waals surface area contributed by atoms with E-state index in [1.807, 2.05) is 35.0 Å². The van der Waals surface area contributed by atoms with Crippen molar-refractivity contribution >= 4 is 50.5 Å². The number of carbonyl (C=O) groups is 2. The minimum Gasteiger partial charge on any atom is -0.361 e. The fourth-order valence-electron chi connectivity index (χ4n) is 5.03. The molecule has 3 heterocycles. The number of aryl methyl sites for hydroxylation is 1. The lowest BCUT2D eigenvalue weighted by molar-refractivity contribution is -0.384. The highest BCUT2D eigenvalue weighted by Crippen LogP contribution is 2.39. The number of benzene rings is 2. The van der Waals surface area contributed by atoms with Crippen LogP contribution in [-0.2, 0) is 16.1 Å². The van der Waals surface area contributed by atoms with Crippen LogP contribution in [-0.4, -0.2) is 50.8 Å². The van der Waals surface area contributed by atoms with E-state index in [9.17, 15) is 19.7 Å². The van der Waals surface area contributed by atoms with E-state index in [1.54, 1.807) is 12.3 Å². The second kappa shape index (κ2) is 9.43. The van der Waals surface area contributed by atoms with Crippen LogP contribution in [0.5, 0.6) is 0 Å². The molecule has 1 aliphatic heterocycles. The number of fused-ring (bicyclic) bond motifs is 2. The number of aromatic nitrogens is 2. The van der Waals surface area contributed by atoms with E-state index < -0.39 is 16.7 Å². The van der Waals surface area contributed by atoms with Gasteiger partial charge in [-0.05, 0) is 38.2 Å². The predicted molar refractivity (Wildman–Crippen MR) is 139 cm³/mol. The lowest BCUT2D eigenvalue weighted by Gasteiger charge is -2.17. The summed E-state index contributed by atoms with van der Waals surface area (Å²) in [6.07, 6.45) is 4.43. The third kappa shape index (κ3) is 3.97. The van der Waals surface area contributed by atoms with Crippen LogP contribution in [0.1, 0.15) is 31.4 Å². The molecule has 36 heavy (non-hydrogen) atoms. The van der Waals surface area contributed by atoms with Crippen LogP contribution in [0.15, 0.2) is 54.9 Å². The first-order valence-electron chi connectivity index (χ1n) is 12.1. The first-order valence-corrected chi connectivity index (χ1v) is 12.1. The summed E-state index contributed by atoms with van der Waals surface area (Å²) >= 11 is 0. The second-order valence-electron chi connectivity index (χ2n) is 8.86. The lowest BCUT2D eigenvalue weighted by atomic mass is 9.95. The van der Waals surface area contributed by atoms with E-state index in [1.165, 1.54) is 12.1 Å². The number of hydrogen-bond acceptors (Lipinski definition) is 5. The van der Waals surface area contributed by atoms with Gasteiger partial charge in [-0.15, -0.1) is 0 Å². The molecule has 4 aromatic rings. The zero-order valence-electron chi connectivity index (χ0n) is 20.2.